The van der Waals surface area contributed by atoms with E-state index in [0.29, 0.717) is 23.0 Å². The predicted octanol–water partition coefficient (Wildman–Crippen LogP) is 2.49. The van der Waals surface area contributed by atoms with Gasteiger partial charge in [-0.3, -0.25) is 10.1 Å². The van der Waals surface area contributed by atoms with Crippen LogP contribution in [0.15, 0.2) is 24.3 Å². The molecule has 0 fully saturated rings. The Balaban J connectivity index is 2.63. The van der Waals surface area contributed by atoms with Gasteiger partial charge in [0, 0.05) is 11.6 Å². The minimum absolute atomic E-state index is 0.187. The fraction of sp³-hybridized carbons (Fsp3) is 0.429. The van der Waals surface area contributed by atoms with E-state index in [1.807, 2.05) is 26.8 Å². The maximum absolute atomic E-state index is 12.0. The molecule has 0 aliphatic heterocycles. The first-order chi connectivity index (χ1) is 9.02. The molecule has 0 heterocycles. The Kier molecular flexibility index (Phi) is 6.29. The fourth-order valence-electron chi connectivity index (χ4n) is 1.42. The van der Waals surface area contributed by atoms with Crippen LogP contribution in [0.3, 0.4) is 0 Å². The highest BCUT2D eigenvalue weighted by molar-refractivity contribution is 7.80. The van der Waals surface area contributed by atoms with Gasteiger partial charge in [-0.05, 0) is 50.7 Å². The molecule has 0 bridgehead atoms. The molecule has 1 aromatic carbocycles. The Morgan fingerprint density at radius 3 is 2.79 bits per heavy atom. The van der Waals surface area contributed by atoms with Gasteiger partial charge in [0.15, 0.2) is 5.11 Å². The third-order valence-corrected chi connectivity index (χ3v) is 2.44. The van der Waals surface area contributed by atoms with Gasteiger partial charge in [-0.2, -0.15) is 0 Å². The molecule has 5 heteroatoms. The monoisotopic (exact) mass is 280 g/mol. The summed E-state index contributed by atoms with van der Waals surface area (Å²) in [5.74, 6) is 0.456. The van der Waals surface area contributed by atoms with Crippen molar-refractivity contribution in [2.24, 2.45) is 0 Å². The van der Waals surface area contributed by atoms with Crippen LogP contribution in [0.25, 0.3) is 0 Å². The van der Waals surface area contributed by atoms with Gasteiger partial charge in [0.1, 0.15) is 5.75 Å². The minimum atomic E-state index is -0.236. The Morgan fingerprint density at radius 2 is 2.16 bits per heavy atom. The Morgan fingerprint density at radius 1 is 1.42 bits per heavy atom. The van der Waals surface area contributed by atoms with E-state index in [-0.39, 0.29) is 11.9 Å². The van der Waals surface area contributed by atoms with E-state index in [2.05, 4.69) is 10.6 Å². The van der Waals surface area contributed by atoms with Crippen LogP contribution in [-0.4, -0.2) is 23.7 Å². The number of carbonyl (C=O) groups excluding carboxylic acids is 1. The number of benzene rings is 1. The summed E-state index contributed by atoms with van der Waals surface area (Å²) in [5, 5.41) is 5.93. The molecule has 1 aromatic rings. The topological polar surface area (TPSA) is 50.4 Å². The Labute approximate surface area is 119 Å². The van der Waals surface area contributed by atoms with Crippen LogP contribution in [-0.2, 0) is 0 Å². The van der Waals surface area contributed by atoms with Crippen LogP contribution in [0.4, 0.5) is 0 Å². The first kappa shape index (κ1) is 15.4. The Hall–Kier alpha value is -1.62. The van der Waals surface area contributed by atoms with Gasteiger partial charge in [0.2, 0.25) is 0 Å². The van der Waals surface area contributed by atoms with Crippen molar-refractivity contribution in [3.63, 3.8) is 0 Å². The molecule has 0 atom stereocenters. The lowest BCUT2D eigenvalue weighted by Gasteiger charge is -2.12. The molecule has 0 radical (unpaired) electrons. The van der Waals surface area contributed by atoms with Crippen LogP contribution in [0.2, 0.25) is 0 Å². The molecular formula is C14H20N2O2S. The highest BCUT2D eigenvalue weighted by Gasteiger charge is 2.09. The molecule has 0 spiro atoms. The third-order valence-electron chi connectivity index (χ3n) is 2.22. The van der Waals surface area contributed by atoms with Gasteiger partial charge in [-0.15, -0.1) is 0 Å². The lowest BCUT2D eigenvalue weighted by atomic mass is 10.2. The van der Waals surface area contributed by atoms with Crippen LogP contribution in [0.1, 0.15) is 37.6 Å². The number of amides is 1. The summed E-state index contributed by atoms with van der Waals surface area (Å²) < 4.78 is 5.49. The number of carbonyl (C=O) groups is 1. The summed E-state index contributed by atoms with van der Waals surface area (Å²) in [4.78, 5) is 12.0. The van der Waals surface area contributed by atoms with Gasteiger partial charge in [0.05, 0.1) is 6.61 Å². The molecular weight excluding hydrogens is 260 g/mol. The molecule has 1 rings (SSSR count). The molecule has 1 amide bonds. The quantitative estimate of drug-likeness (QED) is 0.814. The largest absolute Gasteiger partial charge is 0.494 e. The van der Waals surface area contributed by atoms with Crippen LogP contribution in [0.5, 0.6) is 5.75 Å². The smallest absolute Gasteiger partial charge is 0.257 e. The highest BCUT2D eigenvalue weighted by atomic mass is 32.1. The summed E-state index contributed by atoms with van der Waals surface area (Å²) in [7, 11) is 0. The van der Waals surface area contributed by atoms with Crippen molar-refractivity contribution in [3.05, 3.63) is 29.8 Å². The van der Waals surface area contributed by atoms with Crippen molar-refractivity contribution in [1.82, 2.24) is 10.6 Å². The molecule has 0 unspecified atom stereocenters. The number of thiocarbonyl (C=S) groups is 1. The molecule has 0 aromatic heterocycles. The van der Waals surface area contributed by atoms with Crippen molar-refractivity contribution < 1.29 is 9.53 Å². The normalized spacial score (nSPS) is 10.1. The molecule has 0 saturated heterocycles. The second kappa shape index (κ2) is 7.74. The van der Waals surface area contributed by atoms with E-state index in [1.165, 1.54) is 0 Å². The van der Waals surface area contributed by atoms with Crippen molar-refractivity contribution >= 4 is 23.2 Å². The second-order valence-electron chi connectivity index (χ2n) is 4.46. The number of rotatable bonds is 5. The second-order valence-corrected chi connectivity index (χ2v) is 4.87. The molecule has 0 aliphatic carbocycles. The van der Waals surface area contributed by atoms with Gasteiger partial charge >= 0.3 is 0 Å². The summed E-state index contributed by atoms with van der Waals surface area (Å²) in [6.07, 6.45) is 0.929. The standard InChI is InChI=1S/C14H20N2O2S/c1-4-8-18-12-7-5-6-11(9-12)13(17)16-14(19)15-10(2)3/h5-7,9-10H,4,8H2,1-3H3,(H2,15,16,17,19). The third kappa shape index (κ3) is 5.70. The number of nitrogens with one attached hydrogen (secondary N) is 2. The number of hydrogen-bond acceptors (Lipinski definition) is 3. The van der Waals surface area contributed by atoms with Crippen molar-refractivity contribution in [2.45, 2.75) is 33.2 Å². The summed E-state index contributed by atoms with van der Waals surface area (Å²) in [6, 6.07) is 7.25. The minimum Gasteiger partial charge on any atom is -0.494 e. The van der Waals surface area contributed by atoms with Gasteiger partial charge in [-0.1, -0.05) is 13.0 Å². The lowest BCUT2D eigenvalue weighted by molar-refractivity contribution is 0.0976. The summed E-state index contributed by atoms with van der Waals surface area (Å²) in [5.41, 5.74) is 0.529. The molecule has 4 nitrogen and oxygen atoms in total. The van der Waals surface area contributed by atoms with Crippen LogP contribution in [0, 0.1) is 0 Å². The van der Waals surface area contributed by atoms with E-state index in [1.54, 1.807) is 18.2 Å². The number of hydrogen-bond donors (Lipinski definition) is 2. The molecule has 19 heavy (non-hydrogen) atoms. The van der Waals surface area contributed by atoms with Crippen molar-refractivity contribution in [3.8, 4) is 5.75 Å². The van der Waals surface area contributed by atoms with E-state index in [4.69, 9.17) is 17.0 Å². The summed E-state index contributed by atoms with van der Waals surface area (Å²) in [6.45, 7) is 6.58. The molecule has 0 saturated carbocycles. The maximum atomic E-state index is 12.0. The van der Waals surface area contributed by atoms with E-state index >= 15 is 0 Å². The first-order valence-corrected chi connectivity index (χ1v) is 6.78. The molecule has 2 N–H and O–H groups in total. The van der Waals surface area contributed by atoms with Crippen LogP contribution >= 0.6 is 12.2 Å². The SMILES string of the molecule is CCCOc1cccc(C(=O)NC(=S)NC(C)C)c1. The predicted molar refractivity (Wildman–Crippen MR) is 80.6 cm³/mol. The summed E-state index contributed by atoms with van der Waals surface area (Å²) >= 11 is 5.04. The number of ether oxygens (including phenoxy) is 1. The van der Waals surface area contributed by atoms with Crippen molar-refractivity contribution in [2.75, 3.05) is 6.61 Å². The average molecular weight is 280 g/mol. The average Bonchev–Trinajstić information content (AvgIpc) is 2.35. The van der Waals surface area contributed by atoms with Crippen LogP contribution < -0.4 is 15.4 Å². The van der Waals surface area contributed by atoms with E-state index in [0.717, 1.165) is 6.42 Å². The zero-order valence-electron chi connectivity index (χ0n) is 11.5. The zero-order valence-corrected chi connectivity index (χ0v) is 12.3. The highest BCUT2D eigenvalue weighted by Crippen LogP contribution is 2.13. The van der Waals surface area contributed by atoms with Gasteiger partial charge in [-0.25, -0.2) is 0 Å². The van der Waals surface area contributed by atoms with Gasteiger partial charge < -0.3 is 10.1 Å². The van der Waals surface area contributed by atoms with E-state index < -0.39 is 0 Å². The first-order valence-electron chi connectivity index (χ1n) is 6.37. The zero-order chi connectivity index (χ0) is 14.3. The molecule has 0 aliphatic rings. The Bertz CT molecular complexity index is 447. The van der Waals surface area contributed by atoms with Gasteiger partial charge in [0.25, 0.3) is 5.91 Å². The fourth-order valence-corrected chi connectivity index (χ4v) is 1.75. The van der Waals surface area contributed by atoms with E-state index in [9.17, 15) is 4.79 Å². The van der Waals surface area contributed by atoms with Crippen molar-refractivity contribution in [1.29, 1.82) is 0 Å². The lowest BCUT2D eigenvalue weighted by Crippen LogP contribution is -2.42. The molecule has 104 valence electrons. The maximum Gasteiger partial charge on any atom is 0.257 e.